The number of halogens is 1. The van der Waals surface area contributed by atoms with E-state index < -0.39 is 0 Å². The van der Waals surface area contributed by atoms with Crippen LogP contribution < -0.4 is 11.1 Å². The van der Waals surface area contributed by atoms with Crippen LogP contribution in [0.2, 0.25) is 0 Å². The maximum atomic E-state index is 13.3. The number of aromatic nitrogens is 2. The molecule has 0 aliphatic rings. The quantitative estimate of drug-likeness (QED) is 0.764. The standard InChI is InChI=1S/C14H13FN4OS/c1-7-10(6-19(2)18-7)17-14(20)13-12(16)9-5-8(15)3-4-11(9)21-13/h3-6H,16H2,1-2H3,(H,17,20). The summed E-state index contributed by atoms with van der Waals surface area (Å²) < 4.78 is 15.7. The van der Waals surface area contributed by atoms with Crippen molar-refractivity contribution in [2.45, 2.75) is 6.92 Å². The predicted octanol–water partition coefficient (Wildman–Crippen LogP) is 2.92. The van der Waals surface area contributed by atoms with Crippen LogP contribution in [0.4, 0.5) is 15.8 Å². The number of carbonyl (C=O) groups excluding carboxylic acids is 1. The molecule has 108 valence electrons. The summed E-state index contributed by atoms with van der Waals surface area (Å²) in [6.45, 7) is 1.80. The predicted molar refractivity (Wildman–Crippen MR) is 82.1 cm³/mol. The molecule has 0 fully saturated rings. The zero-order valence-corrected chi connectivity index (χ0v) is 12.3. The average molecular weight is 304 g/mol. The first-order valence-electron chi connectivity index (χ1n) is 6.25. The second kappa shape index (κ2) is 4.85. The SMILES string of the molecule is Cc1nn(C)cc1NC(=O)c1sc2ccc(F)cc2c1N. The first kappa shape index (κ1) is 13.6. The van der Waals surface area contributed by atoms with Crippen LogP contribution in [-0.4, -0.2) is 15.7 Å². The number of hydrogen-bond donors (Lipinski definition) is 2. The van der Waals surface area contributed by atoms with Crippen LogP contribution >= 0.6 is 11.3 Å². The number of thiophene rings is 1. The van der Waals surface area contributed by atoms with Gasteiger partial charge in [0.2, 0.25) is 0 Å². The molecule has 0 unspecified atom stereocenters. The summed E-state index contributed by atoms with van der Waals surface area (Å²) in [5, 5.41) is 7.50. The van der Waals surface area contributed by atoms with Crippen molar-refractivity contribution in [2.24, 2.45) is 7.05 Å². The molecule has 0 saturated heterocycles. The van der Waals surface area contributed by atoms with E-state index in [1.807, 2.05) is 0 Å². The normalized spacial score (nSPS) is 11.0. The third kappa shape index (κ3) is 2.36. The Morgan fingerprint density at radius 2 is 2.24 bits per heavy atom. The van der Waals surface area contributed by atoms with E-state index in [-0.39, 0.29) is 11.7 Å². The van der Waals surface area contributed by atoms with Crippen LogP contribution in [0.3, 0.4) is 0 Å². The summed E-state index contributed by atoms with van der Waals surface area (Å²) in [4.78, 5) is 12.7. The zero-order chi connectivity index (χ0) is 15.1. The molecule has 0 bridgehead atoms. The van der Waals surface area contributed by atoms with Gasteiger partial charge in [-0.05, 0) is 25.1 Å². The van der Waals surface area contributed by atoms with Crippen LogP contribution in [0.15, 0.2) is 24.4 Å². The summed E-state index contributed by atoms with van der Waals surface area (Å²) >= 11 is 1.24. The van der Waals surface area contributed by atoms with Gasteiger partial charge in [0.05, 0.1) is 17.1 Å². The highest BCUT2D eigenvalue weighted by Gasteiger charge is 2.18. The fourth-order valence-corrected chi connectivity index (χ4v) is 3.16. The fourth-order valence-electron chi connectivity index (χ4n) is 2.16. The lowest BCUT2D eigenvalue weighted by atomic mass is 10.2. The summed E-state index contributed by atoms with van der Waals surface area (Å²) in [5.74, 6) is -0.688. The van der Waals surface area contributed by atoms with E-state index in [1.165, 1.54) is 23.5 Å². The maximum Gasteiger partial charge on any atom is 0.267 e. The molecule has 0 aliphatic heterocycles. The lowest BCUT2D eigenvalue weighted by molar-refractivity contribution is 0.103. The lowest BCUT2D eigenvalue weighted by Crippen LogP contribution is -2.12. The number of nitrogens with one attached hydrogen (secondary N) is 1. The molecule has 7 heteroatoms. The molecule has 1 amide bonds. The molecule has 0 saturated carbocycles. The topological polar surface area (TPSA) is 72.9 Å². The molecular weight excluding hydrogens is 291 g/mol. The Morgan fingerprint density at radius 3 is 2.90 bits per heavy atom. The Labute approximate surface area is 124 Å². The maximum absolute atomic E-state index is 13.3. The van der Waals surface area contributed by atoms with Gasteiger partial charge in [-0.1, -0.05) is 0 Å². The lowest BCUT2D eigenvalue weighted by Gasteiger charge is -2.02. The Hall–Kier alpha value is -2.41. The van der Waals surface area contributed by atoms with Gasteiger partial charge in [0.25, 0.3) is 5.91 Å². The monoisotopic (exact) mass is 304 g/mol. The molecule has 1 aromatic carbocycles. The number of nitrogens with two attached hydrogens (primary N) is 1. The number of carbonyl (C=O) groups is 1. The first-order chi connectivity index (χ1) is 9.95. The second-order valence-electron chi connectivity index (χ2n) is 4.74. The van der Waals surface area contributed by atoms with Gasteiger partial charge in [-0.15, -0.1) is 11.3 Å². The van der Waals surface area contributed by atoms with Gasteiger partial charge in [-0.3, -0.25) is 9.48 Å². The molecule has 3 N–H and O–H groups in total. The Balaban J connectivity index is 1.98. The van der Waals surface area contributed by atoms with Gasteiger partial charge in [-0.2, -0.15) is 5.10 Å². The van der Waals surface area contributed by atoms with E-state index in [4.69, 9.17) is 5.73 Å². The zero-order valence-electron chi connectivity index (χ0n) is 11.5. The number of benzene rings is 1. The van der Waals surface area contributed by atoms with Crippen molar-refractivity contribution in [2.75, 3.05) is 11.1 Å². The van der Waals surface area contributed by atoms with E-state index in [2.05, 4.69) is 10.4 Å². The van der Waals surface area contributed by atoms with E-state index in [9.17, 15) is 9.18 Å². The van der Waals surface area contributed by atoms with Crippen LogP contribution in [0.1, 0.15) is 15.4 Å². The molecule has 0 atom stereocenters. The number of hydrogen-bond acceptors (Lipinski definition) is 4. The molecule has 5 nitrogen and oxygen atoms in total. The van der Waals surface area contributed by atoms with Crippen LogP contribution in [0.5, 0.6) is 0 Å². The minimum atomic E-state index is -0.373. The molecule has 0 aliphatic carbocycles. The van der Waals surface area contributed by atoms with Crippen molar-refractivity contribution in [3.05, 3.63) is 40.8 Å². The number of amides is 1. The third-order valence-corrected chi connectivity index (χ3v) is 4.34. The fraction of sp³-hybridized carbons (Fsp3) is 0.143. The Kier molecular flexibility index (Phi) is 3.13. The van der Waals surface area contributed by atoms with E-state index in [1.54, 1.807) is 30.9 Å². The highest BCUT2D eigenvalue weighted by molar-refractivity contribution is 7.21. The van der Waals surface area contributed by atoms with Gasteiger partial charge < -0.3 is 11.1 Å². The van der Waals surface area contributed by atoms with E-state index in [0.717, 1.165) is 10.4 Å². The molecule has 3 aromatic rings. The Bertz CT molecular complexity index is 852. The van der Waals surface area contributed by atoms with Crippen molar-refractivity contribution in [3.8, 4) is 0 Å². The van der Waals surface area contributed by atoms with E-state index in [0.29, 0.717) is 21.6 Å². The molecular formula is C14H13FN4OS. The minimum Gasteiger partial charge on any atom is -0.397 e. The molecule has 0 spiro atoms. The van der Waals surface area contributed by atoms with Gasteiger partial charge in [0, 0.05) is 23.3 Å². The second-order valence-corrected chi connectivity index (χ2v) is 5.79. The average Bonchev–Trinajstić information content (AvgIpc) is 2.91. The van der Waals surface area contributed by atoms with Crippen molar-refractivity contribution in [1.82, 2.24) is 9.78 Å². The molecule has 21 heavy (non-hydrogen) atoms. The highest BCUT2D eigenvalue weighted by atomic mass is 32.1. The highest BCUT2D eigenvalue weighted by Crippen LogP contribution is 2.34. The van der Waals surface area contributed by atoms with Crippen molar-refractivity contribution >= 4 is 38.7 Å². The molecule has 3 rings (SSSR count). The van der Waals surface area contributed by atoms with Gasteiger partial charge in [0.1, 0.15) is 10.7 Å². The van der Waals surface area contributed by atoms with Crippen molar-refractivity contribution in [3.63, 3.8) is 0 Å². The van der Waals surface area contributed by atoms with Crippen molar-refractivity contribution < 1.29 is 9.18 Å². The summed E-state index contributed by atoms with van der Waals surface area (Å²) in [6.07, 6.45) is 1.72. The van der Waals surface area contributed by atoms with Crippen LogP contribution in [0, 0.1) is 12.7 Å². The van der Waals surface area contributed by atoms with Gasteiger partial charge in [0.15, 0.2) is 0 Å². The number of anilines is 2. The molecule has 0 radical (unpaired) electrons. The number of aryl methyl sites for hydroxylation is 2. The minimum absolute atomic E-state index is 0.300. The summed E-state index contributed by atoms with van der Waals surface area (Å²) in [6, 6.07) is 4.32. The number of nitrogens with zero attached hydrogens (tertiary/aromatic N) is 2. The van der Waals surface area contributed by atoms with Crippen LogP contribution in [0.25, 0.3) is 10.1 Å². The molecule has 2 heterocycles. The van der Waals surface area contributed by atoms with Gasteiger partial charge in [-0.25, -0.2) is 4.39 Å². The number of rotatable bonds is 2. The van der Waals surface area contributed by atoms with Crippen molar-refractivity contribution in [1.29, 1.82) is 0 Å². The summed E-state index contributed by atoms with van der Waals surface area (Å²) in [5.41, 5.74) is 7.62. The number of fused-ring (bicyclic) bond motifs is 1. The number of nitrogen functional groups attached to an aromatic ring is 1. The van der Waals surface area contributed by atoms with E-state index >= 15 is 0 Å². The third-order valence-electron chi connectivity index (χ3n) is 3.16. The molecule has 2 aromatic heterocycles. The smallest absolute Gasteiger partial charge is 0.267 e. The summed E-state index contributed by atoms with van der Waals surface area (Å²) in [7, 11) is 1.78. The largest absolute Gasteiger partial charge is 0.397 e. The van der Waals surface area contributed by atoms with Crippen LogP contribution in [-0.2, 0) is 7.05 Å². The Morgan fingerprint density at radius 1 is 1.48 bits per heavy atom. The first-order valence-corrected chi connectivity index (χ1v) is 7.06. The van der Waals surface area contributed by atoms with Gasteiger partial charge >= 0.3 is 0 Å².